The summed E-state index contributed by atoms with van der Waals surface area (Å²) in [4.78, 5) is 8.62. The van der Waals surface area contributed by atoms with Gasteiger partial charge in [0.25, 0.3) is 0 Å². The molecule has 2 N–H and O–H groups in total. The number of ether oxygens (including phenoxy) is 1. The molecule has 0 radical (unpaired) electrons. The van der Waals surface area contributed by atoms with Crippen molar-refractivity contribution >= 4 is 28.5 Å². The quantitative estimate of drug-likeness (QED) is 0.714. The predicted octanol–water partition coefficient (Wildman–Crippen LogP) is 4.19. The third-order valence-corrected chi connectivity index (χ3v) is 4.08. The largest absolute Gasteiger partial charge is 0.494 e. The number of anilines is 1. The molecule has 118 valence electrons. The fourth-order valence-corrected chi connectivity index (χ4v) is 2.61. The summed E-state index contributed by atoms with van der Waals surface area (Å²) < 4.78 is 5.77. The van der Waals surface area contributed by atoms with E-state index < -0.39 is 0 Å². The minimum Gasteiger partial charge on any atom is -0.494 e. The average molecular weight is 328 g/mol. The van der Waals surface area contributed by atoms with Crippen LogP contribution in [0, 0.1) is 6.92 Å². The fraction of sp³-hybridized carbons (Fsp3) is 0.222. The number of fused-ring (bicyclic) bond motifs is 1. The van der Waals surface area contributed by atoms with Crippen LogP contribution >= 0.6 is 11.6 Å². The Kier molecular flexibility index (Phi) is 4.63. The van der Waals surface area contributed by atoms with Crippen molar-refractivity contribution in [3.05, 3.63) is 58.7 Å². The van der Waals surface area contributed by atoms with E-state index in [-0.39, 0.29) is 0 Å². The molecule has 4 nitrogen and oxygen atoms in total. The Morgan fingerprint density at radius 3 is 2.78 bits per heavy atom. The Morgan fingerprint density at radius 1 is 1.13 bits per heavy atom. The number of nitrogen functional groups attached to an aromatic ring is 1. The highest BCUT2D eigenvalue weighted by atomic mass is 35.5. The van der Waals surface area contributed by atoms with Gasteiger partial charge in [-0.25, -0.2) is 9.97 Å². The highest BCUT2D eigenvalue weighted by Gasteiger charge is 2.06. The Labute approximate surface area is 140 Å². The van der Waals surface area contributed by atoms with Crippen molar-refractivity contribution in [2.75, 3.05) is 12.3 Å². The normalized spacial score (nSPS) is 10.9. The number of hydrogen-bond acceptors (Lipinski definition) is 4. The van der Waals surface area contributed by atoms with Gasteiger partial charge in [-0.3, -0.25) is 0 Å². The van der Waals surface area contributed by atoms with Gasteiger partial charge >= 0.3 is 0 Å². The molecule has 23 heavy (non-hydrogen) atoms. The Morgan fingerprint density at radius 2 is 1.96 bits per heavy atom. The van der Waals surface area contributed by atoms with Crippen LogP contribution in [-0.4, -0.2) is 16.6 Å². The van der Waals surface area contributed by atoms with Crippen LogP contribution in [-0.2, 0) is 6.42 Å². The minimum atomic E-state index is 0.313. The Balaban J connectivity index is 1.63. The SMILES string of the molecule is Cc1cc(OCCCc2nc(N)nc3ccccc23)ccc1Cl. The molecule has 2 aromatic carbocycles. The van der Waals surface area contributed by atoms with Gasteiger partial charge in [0, 0.05) is 10.4 Å². The average Bonchev–Trinajstić information content (AvgIpc) is 2.54. The lowest BCUT2D eigenvalue weighted by Gasteiger charge is -2.09. The lowest BCUT2D eigenvalue weighted by Crippen LogP contribution is -2.04. The Hall–Kier alpha value is -2.33. The van der Waals surface area contributed by atoms with E-state index in [1.54, 1.807) is 0 Å². The summed E-state index contributed by atoms with van der Waals surface area (Å²) >= 11 is 6.01. The maximum absolute atomic E-state index is 6.01. The van der Waals surface area contributed by atoms with E-state index in [0.717, 1.165) is 45.8 Å². The van der Waals surface area contributed by atoms with Crippen LogP contribution in [0.4, 0.5) is 5.95 Å². The van der Waals surface area contributed by atoms with Gasteiger partial charge in [0.05, 0.1) is 17.8 Å². The molecule has 0 amide bonds. The third kappa shape index (κ3) is 3.71. The van der Waals surface area contributed by atoms with Gasteiger partial charge in [-0.15, -0.1) is 0 Å². The van der Waals surface area contributed by atoms with Gasteiger partial charge in [0.2, 0.25) is 5.95 Å². The van der Waals surface area contributed by atoms with Crippen molar-refractivity contribution in [3.8, 4) is 5.75 Å². The van der Waals surface area contributed by atoms with Gasteiger partial charge in [0.15, 0.2) is 0 Å². The number of rotatable bonds is 5. The number of aryl methyl sites for hydroxylation is 2. The smallest absolute Gasteiger partial charge is 0.220 e. The molecule has 0 atom stereocenters. The first-order chi connectivity index (χ1) is 11.1. The molecule has 1 aromatic heterocycles. The highest BCUT2D eigenvalue weighted by molar-refractivity contribution is 6.31. The van der Waals surface area contributed by atoms with Crippen LogP contribution < -0.4 is 10.5 Å². The number of aromatic nitrogens is 2. The van der Waals surface area contributed by atoms with Crippen molar-refractivity contribution in [2.24, 2.45) is 0 Å². The standard InChI is InChI=1S/C18H18ClN3O/c1-12-11-13(8-9-15(12)19)23-10-4-7-17-14-5-2-3-6-16(14)21-18(20)22-17/h2-3,5-6,8-9,11H,4,7,10H2,1H3,(H2,20,21,22). The highest BCUT2D eigenvalue weighted by Crippen LogP contribution is 2.22. The molecule has 3 aromatic rings. The number of benzene rings is 2. The topological polar surface area (TPSA) is 61.0 Å². The van der Waals surface area contributed by atoms with E-state index in [1.165, 1.54) is 0 Å². The molecule has 0 aliphatic heterocycles. The third-order valence-electron chi connectivity index (χ3n) is 3.66. The van der Waals surface area contributed by atoms with Crippen LogP contribution in [0.25, 0.3) is 10.9 Å². The van der Waals surface area contributed by atoms with Crippen LogP contribution in [0.5, 0.6) is 5.75 Å². The Bertz CT molecular complexity index is 836. The number of halogens is 1. The van der Waals surface area contributed by atoms with Gasteiger partial charge in [-0.2, -0.15) is 0 Å². The lowest BCUT2D eigenvalue weighted by atomic mass is 10.1. The van der Waals surface area contributed by atoms with Crippen LogP contribution in [0.1, 0.15) is 17.7 Å². The van der Waals surface area contributed by atoms with Crippen molar-refractivity contribution < 1.29 is 4.74 Å². The van der Waals surface area contributed by atoms with Crippen molar-refractivity contribution in [1.82, 2.24) is 9.97 Å². The number of nitrogens with zero attached hydrogens (tertiary/aromatic N) is 2. The van der Waals surface area contributed by atoms with Crippen molar-refractivity contribution in [2.45, 2.75) is 19.8 Å². The molecule has 0 saturated heterocycles. The van der Waals surface area contributed by atoms with Crippen LogP contribution in [0.15, 0.2) is 42.5 Å². The first-order valence-corrected chi connectivity index (χ1v) is 7.91. The second-order valence-electron chi connectivity index (χ2n) is 5.41. The molecule has 0 unspecified atom stereocenters. The van der Waals surface area contributed by atoms with Crippen molar-refractivity contribution in [1.29, 1.82) is 0 Å². The second kappa shape index (κ2) is 6.84. The lowest BCUT2D eigenvalue weighted by molar-refractivity contribution is 0.310. The minimum absolute atomic E-state index is 0.313. The van der Waals surface area contributed by atoms with Crippen LogP contribution in [0.3, 0.4) is 0 Å². The van der Waals surface area contributed by atoms with Gasteiger partial charge in [-0.05, 0) is 49.6 Å². The summed E-state index contributed by atoms with van der Waals surface area (Å²) in [6.45, 7) is 2.57. The molecule has 5 heteroatoms. The maximum atomic E-state index is 6.01. The zero-order valence-corrected chi connectivity index (χ0v) is 13.7. The van der Waals surface area contributed by atoms with E-state index in [1.807, 2.05) is 49.4 Å². The van der Waals surface area contributed by atoms with Gasteiger partial charge in [0.1, 0.15) is 5.75 Å². The van der Waals surface area contributed by atoms with E-state index in [4.69, 9.17) is 22.1 Å². The van der Waals surface area contributed by atoms with Gasteiger partial charge in [-0.1, -0.05) is 29.8 Å². The molecular formula is C18H18ClN3O. The van der Waals surface area contributed by atoms with E-state index in [2.05, 4.69) is 9.97 Å². The number of para-hydroxylation sites is 1. The zero-order valence-electron chi connectivity index (χ0n) is 12.9. The van der Waals surface area contributed by atoms with E-state index >= 15 is 0 Å². The molecular weight excluding hydrogens is 310 g/mol. The maximum Gasteiger partial charge on any atom is 0.220 e. The van der Waals surface area contributed by atoms with Crippen LogP contribution in [0.2, 0.25) is 5.02 Å². The summed E-state index contributed by atoms with van der Waals surface area (Å²) in [6.07, 6.45) is 1.64. The summed E-state index contributed by atoms with van der Waals surface area (Å²) in [7, 11) is 0. The molecule has 0 spiro atoms. The molecule has 0 fully saturated rings. The molecule has 0 bridgehead atoms. The van der Waals surface area contributed by atoms with E-state index in [9.17, 15) is 0 Å². The van der Waals surface area contributed by atoms with E-state index in [0.29, 0.717) is 12.6 Å². The van der Waals surface area contributed by atoms with Gasteiger partial charge < -0.3 is 10.5 Å². The van der Waals surface area contributed by atoms with Crippen molar-refractivity contribution in [3.63, 3.8) is 0 Å². The molecule has 0 aliphatic rings. The molecule has 3 rings (SSSR count). The molecule has 1 heterocycles. The fourth-order valence-electron chi connectivity index (χ4n) is 2.49. The molecule has 0 saturated carbocycles. The zero-order chi connectivity index (χ0) is 16.2. The second-order valence-corrected chi connectivity index (χ2v) is 5.82. The summed E-state index contributed by atoms with van der Waals surface area (Å²) in [6, 6.07) is 13.6. The predicted molar refractivity (Wildman–Crippen MR) is 94.0 cm³/mol. The summed E-state index contributed by atoms with van der Waals surface area (Å²) in [5.41, 5.74) is 8.64. The molecule has 0 aliphatic carbocycles. The first-order valence-electron chi connectivity index (χ1n) is 7.53. The number of nitrogens with two attached hydrogens (primary N) is 1. The number of hydrogen-bond donors (Lipinski definition) is 1. The summed E-state index contributed by atoms with van der Waals surface area (Å²) in [5, 5.41) is 1.80. The first kappa shape index (κ1) is 15.6. The summed E-state index contributed by atoms with van der Waals surface area (Å²) in [5.74, 6) is 1.15. The monoisotopic (exact) mass is 327 g/mol.